The Morgan fingerprint density at radius 3 is 3.15 bits per heavy atom. The second kappa shape index (κ2) is 3.09. The largest absolute Gasteiger partial charge is 0.494 e. The van der Waals surface area contributed by atoms with Gasteiger partial charge >= 0.3 is 0 Å². The maximum Gasteiger partial charge on any atom is 0.229 e. The molecule has 1 aromatic rings. The van der Waals surface area contributed by atoms with Crippen LogP contribution in [0.5, 0.6) is 5.75 Å². The first-order chi connectivity index (χ1) is 6.31. The molecule has 0 atom stereocenters. The molecule has 2 rings (SSSR count). The molecule has 3 heteroatoms. The first-order valence-electron chi connectivity index (χ1n) is 4.36. The molecule has 0 unspecified atom stereocenters. The predicted octanol–water partition coefficient (Wildman–Crippen LogP) is 1.58. The molecule has 1 aromatic carbocycles. The van der Waals surface area contributed by atoms with E-state index in [0.29, 0.717) is 13.0 Å². The monoisotopic (exact) mass is 177 g/mol. The summed E-state index contributed by atoms with van der Waals surface area (Å²) >= 11 is 0. The van der Waals surface area contributed by atoms with Crippen molar-refractivity contribution in [2.24, 2.45) is 0 Å². The second-order valence-corrected chi connectivity index (χ2v) is 2.94. The molecule has 0 bridgehead atoms. The van der Waals surface area contributed by atoms with E-state index in [1.54, 1.807) is 0 Å². The van der Waals surface area contributed by atoms with Crippen LogP contribution in [-0.2, 0) is 11.2 Å². The van der Waals surface area contributed by atoms with E-state index in [4.69, 9.17) is 4.74 Å². The summed E-state index contributed by atoms with van der Waals surface area (Å²) in [5.41, 5.74) is 1.87. The third-order valence-corrected chi connectivity index (χ3v) is 2.04. The standard InChI is InChI=1S/C10H11NO2/c1-2-13-9-5-3-4-8-7(9)6-10(12)11-8/h3-5H,2,6H2,1H3,(H,11,12). The molecule has 0 aromatic heterocycles. The molecule has 1 amide bonds. The van der Waals surface area contributed by atoms with Crippen LogP contribution in [0, 0.1) is 0 Å². The summed E-state index contributed by atoms with van der Waals surface area (Å²) in [7, 11) is 0. The Balaban J connectivity index is 2.39. The van der Waals surface area contributed by atoms with E-state index < -0.39 is 0 Å². The molecule has 1 heterocycles. The minimum atomic E-state index is 0.0437. The Bertz CT molecular complexity index is 347. The molecular weight excluding hydrogens is 166 g/mol. The molecule has 1 N–H and O–H groups in total. The van der Waals surface area contributed by atoms with Crippen molar-refractivity contribution < 1.29 is 9.53 Å². The number of carbonyl (C=O) groups excluding carboxylic acids is 1. The lowest BCUT2D eigenvalue weighted by Gasteiger charge is -2.06. The van der Waals surface area contributed by atoms with Crippen LogP contribution < -0.4 is 10.1 Å². The molecular formula is C10H11NO2. The Labute approximate surface area is 76.7 Å². The fourth-order valence-corrected chi connectivity index (χ4v) is 1.51. The van der Waals surface area contributed by atoms with Crippen molar-refractivity contribution >= 4 is 11.6 Å². The Kier molecular flexibility index (Phi) is 1.93. The van der Waals surface area contributed by atoms with E-state index in [1.165, 1.54) is 0 Å². The van der Waals surface area contributed by atoms with Crippen LogP contribution in [0.2, 0.25) is 0 Å². The topological polar surface area (TPSA) is 38.3 Å². The van der Waals surface area contributed by atoms with E-state index in [1.807, 2.05) is 25.1 Å². The van der Waals surface area contributed by atoms with Crippen LogP contribution in [0.3, 0.4) is 0 Å². The number of benzene rings is 1. The number of anilines is 1. The zero-order valence-corrected chi connectivity index (χ0v) is 7.46. The summed E-state index contributed by atoms with van der Waals surface area (Å²) in [5, 5.41) is 2.78. The molecule has 0 fully saturated rings. The SMILES string of the molecule is CCOc1cccc2c1CC(=O)N2. The molecule has 0 saturated carbocycles. The normalized spacial score (nSPS) is 13.8. The lowest BCUT2D eigenvalue weighted by Crippen LogP contribution is -2.03. The molecule has 1 aliphatic heterocycles. The third-order valence-electron chi connectivity index (χ3n) is 2.04. The van der Waals surface area contributed by atoms with Gasteiger partial charge in [-0.25, -0.2) is 0 Å². The van der Waals surface area contributed by atoms with Crippen molar-refractivity contribution in [1.29, 1.82) is 0 Å². The van der Waals surface area contributed by atoms with Gasteiger partial charge in [-0.2, -0.15) is 0 Å². The number of ether oxygens (including phenoxy) is 1. The lowest BCUT2D eigenvalue weighted by atomic mass is 10.1. The quantitative estimate of drug-likeness (QED) is 0.744. The summed E-state index contributed by atoms with van der Waals surface area (Å²) in [4.78, 5) is 11.1. The number of fused-ring (bicyclic) bond motifs is 1. The molecule has 0 aliphatic carbocycles. The summed E-state index contributed by atoms with van der Waals surface area (Å²) < 4.78 is 5.40. The van der Waals surface area contributed by atoms with Gasteiger partial charge in [0.15, 0.2) is 0 Å². The van der Waals surface area contributed by atoms with Gasteiger partial charge in [0.25, 0.3) is 0 Å². The van der Waals surface area contributed by atoms with Gasteiger partial charge < -0.3 is 10.1 Å². The number of hydrogen-bond donors (Lipinski definition) is 1. The van der Waals surface area contributed by atoms with E-state index in [-0.39, 0.29) is 5.91 Å². The molecule has 68 valence electrons. The first-order valence-corrected chi connectivity index (χ1v) is 4.36. The van der Waals surface area contributed by atoms with Crippen molar-refractivity contribution in [3.63, 3.8) is 0 Å². The van der Waals surface area contributed by atoms with Crippen molar-refractivity contribution in [1.82, 2.24) is 0 Å². The van der Waals surface area contributed by atoms with Crippen LogP contribution in [0.4, 0.5) is 5.69 Å². The second-order valence-electron chi connectivity index (χ2n) is 2.94. The van der Waals surface area contributed by atoms with Crippen molar-refractivity contribution in [3.05, 3.63) is 23.8 Å². The predicted molar refractivity (Wildman–Crippen MR) is 49.9 cm³/mol. The van der Waals surface area contributed by atoms with Gasteiger partial charge in [-0.05, 0) is 19.1 Å². The van der Waals surface area contributed by atoms with Crippen LogP contribution in [0.15, 0.2) is 18.2 Å². The van der Waals surface area contributed by atoms with E-state index >= 15 is 0 Å². The van der Waals surface area contributed by atoms with Gasteiger partial charge in [-0.3, -0.25) is 4.79 Å². The van der Waals surface area contributed by atoms with Crippen LogP contribution >= 0.6 is 0 Å². The number of rotatable bonds is 2. The van der Waals surface area contributed by atoms with Gasteiger partial charge in [0.1, 0.15) is 5.75 Å². The molecule has 0 spiro atoms. The van der Waals surface area contributed by atoms with Crippen LogP contribution in [0.1, 0.15) is 12.5 Å². The van der Waals surface area contributed by atoms with Crippen molar-refractivity contribution in [2.75, 3.05) is 11.9 Å². The van der Waals surface area contributed by atoms with Gasteiger partial charge in [-0.1, -0.05) is 6.07 Å². The van der Waals surface area contributed by atoms with E-state index in [0.717, 1.165) is 17.0 Å². The summed E-state index contributed by atoms with van der Waals surface area (Å²) in [5.74, 6) is 0.862. The average molecular weight is 177 g/mol. The molecule has 13 heavy (non-hydrogen) atoms. The highest BCUT2D eigenvalue weighted by Crippen LogP contribution is 2.31. The van der Waals surface area contributed by atoms with Gasteiger partial charge in [-0.15, -0.1) is 0 Å². The highest BCUT2D eigenvalue weighted by molar-refractivity contribution is 6.00. The maximum absolute atomic E-state index is 11.1. The maximum atomic E-state index is 11.1. The van der Waals surface area contributed by atoms with E-state index in [9.17, 15) is 4.79 Å². The summed E-state index contributed by atoms with van der Waals surface area (Å²) in [6.07, 6.45) is 0.436. The number of hydrogen-bond acceptors (Lipinski definition) is 2. The minimum absolute atomic E-state index is 0.0437. The first kappa shape index (κ1) is 8.10. The Hall–Kier alpha value is -1.51. The van der Waals surface area contributed by atoms with Gasteiger partial charge in [0.2, 0.25) is 5.91 Å². The Morgan fingerprint density at radius 1 is 1.54 bits per heavy atom. The molecule has 3 nitrogen and oxygen atoms in total. The molecule has 1 aliphatic rings. The average Bonchev–Trinajstić information content (AvgIpc) is 2.47. The highest BCUT2D eigenvalue weighted by atomic mass is 16.5. The number of amides is 1. The van der Waals surface area contributed by atoms with Crippen LogP contribution in [-0.4, -0.2) is 12.5 Å². The smallest absolute Gasteiger partial charge is 0.229 e. The summed E-state index contributed by atoms with van der Waals surface area (Å²) in [6.45, 7) is 2.56. The molecule has 0 saturated heterocycles. The highest BCUT2D eigenvalue weighted by Gasteiger charge is 2.20. The summed E-state index contributed by atoms with van der Waals surface area (Å²) in [6, 6.07) is 5.67. The number of nitrogens with one attached hydrogen (secondary N) is 1. The van der Waals surface area contributed by atoms with Gasteiger partial charge in [0, 0.05) is 11.3 Å². The zero-order valence-electron chi connectivity index (χ0n) is 7.46. The lowest BCUT2D eigenvalue weighted by molar-refractivity contribution is -0.115. The third kappa shape index (κ3) is 1.37. The Morgan fingerprint density at radius 2 is 2.38 bits per heavy atom. The zero-order chi connectivity index (χ0) is 9.26. The van der Waals surface area contributed by atoms with Gasteiger partial charge in [0.05, 0.1) is 13.0 Å². The number of carbonyl (C=O) groups is 1. The molecule has 0 radical (unpaired) electrons. The van der Waals surface area contributed by atoms with Crippen molar-refractivity contribution in [3.8, 4) is 5.75 Å². The minimum Gasteiger partial charge on any atom is -0.494 e. The van der Waals surface area contributed by atoms with E-state index in [2.05, 4.69) is 5.32 Å². The van der Waals surface area contributed by atoms with Crippen LogP contribution in [0.25, 0.3) is 0 Å². The fourth-order valence-electron chi connectivity index (χ4n) is 1.51. The fraction of sp³-hybridized carbons (Fsp3) is 0.300. The van der Waals surface area contributed by atoms with Crippen molar-refractivity contribution in [2.45, 2.75) is 13.3 Å².